The maximum atomic E-state index is 9.06. The molecule has 0 aromatic heterocycles. The molecular formula is C19H58O4. The fraction of sp³-hybridized carbons (Fsp3) is 0.737. The molecule has 0 aliphatic carbocycles. The average molecular weight is 351 g/mol. The lowest BCUT2D eigenvalue weighted by molar-refractivity contribution is -0.240. The van der Waals surface area contributed by atoms with E-state index in [0.717, 1.165) is 0 Å². The molecule has 0 rings (SSSR count). The molecule has 0 saturated heterocycles. The molecule has 0 aliphatic heterocycles. The second-order valence-corrected chi connectivity index (χ2v) is 1.58. The number of carbonyl (C=O) groups excluding carboxylic acids is 1. The molecule has 4 nitrogen and oxygen atoms in total. The van der Waals surface area contributed by atoms with E-state index in [1.54, 1.807) is 26.4 Å². The summed E-state index contributed by atoms with van der Waals surface area (Å²) in [4.78, 5) is 16.5. The van der Waals surface area contributed by atoms with Gasteiger partial charge in [0.1, 0.15) is 0 Å². The predicted molar refractivity (Wildman–Crippen MR) is 119 cm³/mol. The van der Waals surface area contributed by atoms with Gasteiger partial charge in [-0.15, -0.1) is 13.2 Å². The first-order valence-electron chi connectivity index (χ1n) is 3.83. The van der Waals surface area contributed by atoms with Crippen LogP contribution in [0.3, 0.4) is 0 Å². The minimum atomic E-state index is 0. The molecule has 158 valence electrons. The number of allylic oxidation sites excluding steroid dienone is 2. The Hall–Kier alpha value is -1.13. The van der Waals surface area contributed by atoms with Gasteiger partial charge < -0.3 is 9.62 Å². The molecule has 0 saturated carbocycles. The van der Waals surface area contributed by atoms with Crippen LogP contribution in [0, 0.1) is 0 Å². The normalized spacial score (nSPS) is 3.35. The third-order valence-corrected chi connectivity index (χ3v) is 0.136. The van der Waals surface area contributed by atoms with Crippen LogP contribution < -0.4 is 0 Å². The first-order valence-corrected chi connectivity index (χ1v) is 3.83. The Kier molecular flexibility index (Phi) is 1830. The number of hydrogen-bond acceptors (Lipinski definition) is 4. The molecule has 4 heteroatoms. The molecule has 0 unspecified atom stereocenters. The first-order chi connectivity index (χ1) is 6.66. The van der Waals surface area contributed by atoms with E-state index in [1.807, 2.05) is 13.8 Å². The van der Waals surface area contributed by atoms with Crippen molar-refractivity contribution in [1.29, 1.82) is 0 Å². The minimum Gasteiger partial charge on any atom is -0.388 e. The largest absolute Gasteiger partial charge is 0.388 e. The van der Waals surface area contributed by atoms with Gasteiger partial charge in [-0.3, -0.25) is 4.79 Å². The van der Waals surface area contributed by atoms with Crippen molar-refractivity contribution in [2.75, 3.05) is 21.3 Å². The second kappa shape index (κ2) is 347. The van der Waals surface area contributed by atoms with Crippen molar-refractivity contribution in [3.63, 3.8) is 0 Å². The lowest BCUT2D eigenvalue weighted by Crippen LogP contribution is -1.80. The van der Waals surface area contributed by atoms with Gasteiger partial charge in [0.15, 0.2) is 0 Å². The van der Waals surface area contributed by atoms with E-state index >= 15 is 0 Å². The Morgan fingerprint density at radius 2 is 0.783 bits per heavy atom. The SMILES string of the molecule is C.C.C.C.C.C.C.C.C.C=CC.C=CC.COC.COOC=O. The Morgan fingerprint density at radius 1 is 0.652 bits per heavy atom. The van der Waals surface area contributed by atoms with Crippen LogP contribution in [0.1, 0.15) is 80.7 Å². The van der Waals surface area contributed by atoms with E-state index in [9.17, 15) is 0 Å². The van der Waals surface area contributed by atoms with Crippen LogP contribution >= 0.6 is 0 Å². The molecule has 0 atom stereocenters. The topological polar surface area (TPSA) is 44.8 Å². The van der Waals surface area contributed by atoms with Gasteiger partial charge in [0, 0.05) is 14.2 Å². The monoisotopic (exact) mass is 350 g/mol. The van der Waals surface area contributed by atoms with Crippen molar-refractivity contribution < 1.29 is 19.3 Å². The quantitative estimate of drug-likeness (QED) is 0.218. The summed E-state index contributed by atoms with van der Waals surface area (Å²) in [5.74, 6) is 0. The highest BCUT2D eigenvalue weighted by atomic mass is 17.2. The Bertz CT molecular complexity index is 89.4. The molecule has 0 aliphatic rings. The molecule has 23 heavy (non-hydrogen) atoms. The van der Waals surface area contributed by atoms with Crippen LogP contribution in [0.2, 0.25) is 0 Å². The Balaban J connectivity index is -0.00000000475. The summed E-state index contributed by atoms with van der Waals surface area (Å²) in [6, 6.07) is 0. The standard InChI is InChI=1S/2C3H6.C2H4O3.C2H6O.9CH4/c2*1-3-2;1-4-5-2-3;1-3-2;;;;;;;;;/h2*3H,1H2,2H3;2H,1H3;1-2H3;9*1H4. The summed E-state index contributed by atoms with van der Waals surface area (Å²) in [5, 5.41) is 0. The smallest absolute Gasteiger partial charge is 0.330 e. The molecule has 0 fully saturated rings. The van der Waals surface area contributed by atoms with Crippen molar-refractivity contribution in [2.45, 2.75) is 80.7 Å². The summed E-state index contributed by atoms with van der Waals surface area (Å²) >= 11 is 0. The van der Waals surface area contributed by atoms with Crippen molar-refractivity contribution in [3.8, 4) is 0 Å². The minimum absolute atomic E-state index is 0. The summed E-state index contributed by atoms with van der Waals surface area (Å²) < 4.78 is 4.25. The van der Waals surface area contributed by atoms with Crippen LogP contribution in [-0.4, -0.2) is 27.8 Å². The van der Waals surface area contributed by atoms with Gasteiger partial charge in [-0.2, -0.15) is 4.89 Å². The summed E-state index contributed by atoms with van der Waals surface area (Å²) in [5.41, 5.74) is 0. The van der Waals surface area contributed by atoms with Gasteiger partial charge in [0.25, 0.3) is 0 Å². The molecule has 0 heterocycles. The number of methoxy groups -OCH3 is 1. The molecule has 0 bridgehead atoms. The molecule has 0 amide bonds. The second-order valence-electron chi connectivity index (χ2n) is 1.58. The Labute approximate surface area is 153 Å². The van der Waals surface area contributed by atoms with Crippen LogP contribution in [0.15, 0.2) is 25.3 Å². The zero-order chi connectivity index (χ0) is 12.2. The summed E-state index contributed by atoms with van der Waals surface area (Å²) in [6.45, 7) is 10.7. The lowest BCUT2D eigenvalue weighted by Gasteiger charge is -1.79. The average Bonchev–Trinajstić information content (AvgIpc) is 2.09. The first kappa shape index (κ1) is 121. The van der Waals surface area contributed by atoms with Crippen molar-refractivity contribution in [3.05, 3.63) is 25.3 Å². The summed E-state index contributed by atoms with van der Waals surface area (Å²) in [6.07, 6.45) is 3.50. The molecule has 0 radical (unpaired) electrons. The maximum absolute atomic E-state index is 9.06. The molecule has 0 spiro atoms. The summed E-state index contributed by atoms with van der Waals surface area (Å²) in [7, 11) is 4.51. The van der Waals surface area contributed by atoms with E-state index in [2.05, 4.69) is 27.7 Å². The van der Waals surface area contributed by atoms with E-state index in [4.69, 9.17) is 4.79 Å². The van der Waals surface area contributed by atoms with Gasteiger partial charge >= 0.3 is 6.47 Å². The van der Waals surface area contributed by atoms with E-state index in [0.29, 0.717) is 0 Å². The fourth-order valence-corrected chi connectivity index (χ4v) is 0.0393. The van der Waals surface area contributed by atoms with E-state index in [-0.39, 0.29) is 73.3 Å². The number of carbonyl (C=O) groups is 1. The highest BCUT2D eigenvalue weighted by Gasteiger charge is 1.60. The molecule has 0 N–H and O–H groups in total. The molecule has 0 aromatic carbocycles. The van der Waals surface area contributed by atoms with Crippen LogP contribution in [-0.2, 0) is 19.3 Å². The third-order valence-electron chi connectivity index (χ3n) is 0.136. The highest BCUT2D eigenvalue weighted by Crippen LogP contribution is 1.55. The van der Waals surface area contributed by atoms with Gasteiger partial charge in [-0.25, -0.2) is 0 Å². The van der Waals surface area contributed by atoms with Crippen LogP contribution in [0.4, 0.5) is 0 Å². The number of ether oxygens (including phenoxy) is 1. The maximum Gasteiger partial charge on any atom is 0.330 e. The van der Waals surface area contributed by atoms with E-state index in [1.165, 1.54) is 7.11 Å². The van der Waals surface area contributed by atoms with Gasteiger partial charge in [0.05, 0.1) is 7.11 Å². The van der Waals surface area contributed by atoms with Crippen molar-refractivity contribution in [1.82, 2.24) is 0 Å². The number of hydrogen-bond donors (Lipinski definition) is 0. The van der Waals surface area contributed by atoms with Crippen LogP contribution in [0.25, 0.3) is 0 Å². The third kappa shape index (κ3) is 9820. The van der Waals surface area contributed by atoms with Gasteiger partial charge in [-0.1, -0.05) is 79.0 Å². The molecular weight excluding hydrogens is 292 g/mol. The van der Waals surface area contributed by atoms with Crippen LogP contribution in [0.5, 0.6) is 0 Å². The lowest BCUT2D eigenvalue weighted by atomic mass is 10.8. The highest BCUT2D eigenvalue weighted by molar-refractivity contribution is 5.35. The number of rotatable bonds is 2. The fourth-order valence-electron chi connectivity index (χ4n) is 0.0393. The van der Waals surface area contributed by atoms with E-state index < -0.39 is 0 Å². The molecule has 0 aromatic rings. The predicted octanol–water partition coefficient (Wildman–Crippen LogP) is 8.09. The van der Waals surface area contributed by atoms with Gasteiger partial charge in [-0.05, 0) is 13.8 Å². The zero-order valence-electron chi connectivity index (χ0n) is 9.78. The van der Waals surface area contributed by atoms with Crippen molar-refractivity contribution in [2.24, 2.45) is 0 Å². The van der Waals surface area contributed by atoms with Crippen molar-refractivity contribution >= 4 is 6.47 Å². The zero-order valence-corrected chi connectivity index (χ0v) is 9.78. The van der Waals surface area contributed by atoms with Gasteiger partial charge in [0.2, 0.25) is 0 Å². The Morgan fingerprint density at radius 3 is 0.783 bits per heavy atom.